The van der Waals surface area contributed by atoms with E-state index in [4.69, 9.17) is 0 Å². The quantitative estimate of drug-likeness (QED) is 0.724. The Morgan fingerprint density at radius 3 is 2.67 bits per heavy atom. The third kappa shape index (κ3) is 2.69. The third-order valence-corrected chi connectivity index (χ3v) is 3.41. The molecular weight excluding hydrogens is 190 g/mol. The molecule has 1 N–H and O–H groups in total. The van der Waals surface area contributed by atoms with Gasteiger partial charge in [-0.1, -0.05) is 0 Å². The molecule has 2 rings (SSSR count). The number of hydrogen-bond donors (Lipinski definition) is 1. The Morgan fingerprint density at radius 2 is 2.07 bits per heavy atom. The van der Waals surface area contributed by atoms with Gasteiger partial charge in [0.2, 0.25) is 5.91 Å². The molecule has 15 heavy (non-hydrogen) atoms. The van der Waals surface area contributed by atoms with Crippen LogP contribution in [0.5, 0.6) is 0 Å². The summed E-state index contributed by atoms with van der Waals surface area (Å²) in [5.74, 6) is 0.254. The molecule has 2 saturated heterocycles. The van der Waals surface area contributed by atoms with Crippen molar-refractivity contribution in [2.75, 3.05) is 32.7 Å². The van der Waals surface area contributed by atoms with Gasteiger partial charge in [-0.05, 0) is 45.8 Å². The molecule has 4 heteroatoms. The molecule has 1 unspecified atom stereocenters. The first kappa shape index (κ1) is 10.9. The lowest BCUT2D eigenvalue weighted by atomic mass is 10.3. The minimum Gasteiger partial charge on any atom is -0.326 e. The second kappa shape index (κ2) is 4.94. The van der Waals surface area contributed by atoms with Crippen LogP contribution in [0.2, 0.25) is 0 Å². The lowest BCUT2D eigenvalue weighted by Gasteiger charge is -2.22. The van der Waals surface area contributed by atoms with Crippen LogP contribution in [-0.2, 0) is 4.79 Å². The van der Waals surface area contributed by atoms with Gasteiger partial charge in [0.15, 0.2) is 0 Å². The van der Waals surface area contributed by atoms with Crippen LogP contribution < -0.4 is 5.32 Å². The van der Waals surface area contributed by atoms with E-state index in [-0.39, 0.29) is 12.1 Å². The van der Waals surface area contributed by atoms with Crippen molar-refractivity contribution in [3.63, 3.8) is 0 Å². The van der Waals surface area contributed by atoms with Crippen molar-refractivity contribution >= 4 is 5.91 Å². The van der Waals surface area contributed by atoms with E-state index in [0.29, 0.717) is 6.54 Å². The van der Waals surface area contributed by atoms with Gasteiger partial charge in [0.05, 0.1) is 12.7 Å². The molecule has 0 aromatic rings. The number of rotatable bonds is 4. The highest BCUT2D eigenvalue weighted by atomic mass is 16.2. The first-order chi connectivity index (χ1) is 7.27. The van der Waals surface area contributed by atoms with Crippen LogP contribution in [-0.4, -0.2) is 54.6 Å². The summed E-state index contributed by atoms with van der Waals surface area (Å²) in [4.78, 5) is 15.9. The zero-order chi connectivity index (χ0) is 10.7. The molecule has 0 aromatic carbocycles. The van der Waals surface area contributed by atoms with Crippen molar-refractivity contribution in [1.29, 1.82) is 0 Å². The van der Waals surface area contributed by atoms with E-state index in [0.717, 1.165) is 19.5 Å². The van der Waals surface area contributed by atoms with E-state index in [1.165, 1.54) is 25.9 Å². The summed E-state index contributed by atoms with van der Waals surface area (Å²) in [6.45, 7) is 7.13. The summed E-state index contributed by atoms with van der Waals surface area (Å²) in [5.41, 5.74) is 0. The first-order valence-electron chi connectivity index (χ1n) is 6.02. The van der Waals surface area contributed by atoms with Crippen molar-refractivity contribution in [2.45, 2.75) is 32.4 Å². The minimum absolute atomic E-state index is 0.232. The zero-order valence-electron chi connectivity index (χ0n) is 9.54. The average Bonchev–Trinajstić information content (AvgIpc) is 2.82. The van der Waals surface area contributed by atoms with Gasteiger partial charge in [0.25, 0.3) is 0 Å². The maximum atomic E-state index is 11.5. The summed E-state index contributed by atoms with van der Waals surface area (Å²) in [6, 6.07) is 0. The molecule has 0 spiro atoms. The molecule has 0 aliphatic carbocycles. The van der Waals surface area contributed by atoms with E-state index >= 15 is 0 Å². The van der Waals surface area contributed by atoms with Crippen LogP contribution in [0.25, 0.3) is 0 Å². The van der Waals surface area contributed by atoms with E-state index in [2.05, 4.69) is 17.1 Å². The molecule has 2 aliphatic rings. The Morgan fingerprint density at radius 1 is 1.33 bits per heavy atom. The SMILES string of the molecule is CC1NCC(=O)N1CCCN1CCCC1. The van der Waals surface area contributed by atoms with Crippen LogP contribution in [0.4, 0.5) is 0 Å². The summed E-state index contributed by atoms with van der Waals surface area (Å²) < 4.78 is 0. The van der Waals surface area contributed by atoms with Gasteiger partial charge < -0.3 is 9.80 Å². The molecule has 1 amide bonds. The van der Waals surface area contributed by atoms with Crippen LogP contribution in [0.1, 0.15) is 26.2 Å². The molecular formula is C11H21N3O. The Hall–Kier alpha value is -0.610. The van der Waals surface area contributed by atoms with Crippen molar-refractivity contribution in [2.24, 2.45) is 0 Å². The van der Waals surface area contributed by atoms with Gasteiger partial charge in [-0.25, -0.2) is 0 Å². The van der Waals surface area contributed by atoms with Crippen molar-refractivity contribution < 1.29 is 4.79 Å². The van der Waals surface area contributed by atoms with Crippen molar-refractivity contribution in [3.05, 3.63) is 0 Å². The standard InChI is InChI=1S/C11H21N3O/c1-10-12-9-11(15)14(10)8-4-7-13-5-2-3-6-13/h10,12H,2-9H2,1H3. The van der Waals surface area contributed by atoms with Gasteiger partial charge in [-0.15, -0.1) is 0 Å². The predicted molar refractivity (Wildman–Crippen MR) is 59.5 cm³/mol. The van der Waals surface area contributed by atoms with Gasteiger partial charge in [0.1, 0.15) is 0 Å². The number of hydrogen-bond acceptors (Lipinski definition) is 3. The number of carbonyl (C=O) groups excluding carboxylic acids is 1. The fourth-order valence-corrected chi connectivity index (χ4v) is 2.45. The molecule has 4 nitrogen and oxygen atoms in total. The number of nitrogens with zero attached hydrogens (tertiary/aromatic N) is 2. The van der Waals surface area contributed by atoms with Crippen LogP contribution in [0.15, 0.2) is 0 Å². The Labute approximate surface area is 91.6 Å². The molecule has 2 aliphatic heterocycles. The number of nitrogens with one attached hydrogen (secondary N) is 1. The van der Waals surface area contributed by atoms with Crippen molar-refractivity contribution in [1.82, 2.24) is 15.1 Å². The fourth-order valence-electron chi connectivity index (χ4n) is 2.45. The Kier molecular flexibility index (Phi) is 3.59. The highest BCUT2D eigenvalue weighted by molar-refractivity contribution is 5.80. The summed E-state index contributed by atoms with van der Waals surface area (Å²) in [5, 5.41) is 3.16. The summed E-state index contributed by atoms with van der Waals surface area (Å²) >= 11 is 0. The largest absolute Gasteiger partial charge is 0.326 e. The molecule has 0 radical (unpaired) electrons. The highest BCUT2D eigenvalue weighted by Gasteiger charge is 2.26. The van der Waals surface area contributed by atoms with Crippen LogP contribution in [0.3, 0.4) is 0 Å². The fraction of sp³-hybridized carbons (Fsp3) is 0.909. The molecule has 2 heterocycles. The average molecular weight is 211 g/mol. The molecule has 0 aromatic heterocycles. The molecule has 0 bridgehead atoms. The van der Waals surface area contributed by atoms with Gasteiger partial charge in [-0.3, -0.25) is 10.1 Å². The van der Waals surface area contributed by atoms with Gasteiger partial charge in [0, 0.05) is 6.54 Å². The van der Waals surface area contributed by atoms with E-state index in [1.54, 1.807) is 0 Å². The molecule has 86 valence electrons. The summed E-state index contributed by atoms with van der Waals surface area (Å²) in [7, 11) is 0. The Bertz CT molecular complexity index is 226. The third-order valence-electron chi connectivity index (χ3n) is 3.41. The molecule has 1 atom stereocenters. The smallest absolute Gasteiger partial charge is 0.237 e. The van der Waals surface area contributed by atoms with Crippen LogP contribution >= 0.6 is 0 Å². The lowest BCUT2D eigenvalue weighted by molar-refractivity contribution is -0.127. The lowest BCUT2D eigenvalue weighted by Crippen LogP contribution is -2.36. The minimum atomic E-state index is 0.232. The van der Waals surface area contributed by atoms with E-state index < -0.39 is 0 Å². The maximum Gasteiger partial charge on any atom is 0.237 e. The van der Waals surface area contributed by atoms with Gasteiger partial charge >= 0.3 is 0 Å². The highest BCUT2D eigenvalue weighted by Crippen LogP contribution is 2.09. The van der Waals surface area contributed by atoms with Crippen LogP contribution in [0, 0.1) is 0 Å². The second-order valence-electron chi connectivity index (χ2n) is 4.55. The van der Waals surface area contributed by atoms with E-state index in [9.17, 15) is 4.79 Å². The monoisotopic (exact) mass is 211 g/mol. The zero-order valence-corrected chi connectivity index (χ0v) is 9.54. The Balaban J connectivity index is 1.66. The first-order valence-corrected chi connectivity index (χ1v) is 6.02. The topological polar surface area (TPSA) is 35.6 Å². The van der Waals surface area contributed by atoms with Crippen molar-refractivity contribution in [3.8, 4) is 0 Å². The predicted octanol–water partition coefficient (Wildman–Crippen LogP) is 0.250. The van der Waals surface area contributed by atoms with E-state index in [1.807, 2.05) is 4.90 Å². The normalized spacial score (nSPS) is 27.9. The number of likely N-dealkylation sites (tertiary alicyclic amines) is 1. The number of carbonyl (C=O) groups is 1. The molecule has 2 fully saturated rings. The summed E-state index contributed by atoms with van der Waals surface area (Å²) in [6.07, 6.45) is 4.04. The van der Waals surface area contributed by atoms with Gasteiger partial charge in [-0.2, -0.15) is 0 Å². The second-order valence-corrected chi connectivity index (χ2v) is 4.55. The number of amides is 1. The molecule has 0 saturated carbocycles. The maximum absolute atomic E-state index is 11.5.